The Bertz CT molecular complexity index is 1300. The Morgan fingerprint density at radius 3 is 2.55 bits per heavy atom. The van der Waals surface area contributed by atoms with Crippen molar-refractivity contribution in [3.8, 4) is 11.6 Å². The van der Waals surface area contributed by atoms with E-state index in [2.05, 4.69) is 86.4 Å². The summed E-state index contributed by atoms with van der Waals surface area (Å²) in [5, 5.41) is 3.44. The molecule has 3 aromatic heterocycles. The molecule has 0 unspecified atom stereocenters. The summed E-state index contributed by atoms with van der Waals surface area (Å²) in [6.45, 7) is 0.646. The fourth-order valence-corrected chi connectivity index (χ4v) is 4.05. The number of nitrogens with zero attached hydrogens (tertiary/aromatic N) is 3. The number of rotatable bonds is 7. The molecular weight excluding hydrogens is 501 g/mol. The summed E-state index contributed by atoms with van der Waals surface area (Å²) in [7, 11) is 0. The van der Waals surface area contributed by atoms with Gasteiger partial charge in [0.1, 0.15) is 5.82 Å². The van der Waals surface area contributed by atoms with Crippen LogP contribution in [0.4, 0.5) is 5.82 Å². The average molecular weight is 521 g/mol. The maximum atomic E-state index is 5.53. The van der Waals surface area contributed by atoms with E-state index in [0.29, 0.717) is 29.6 Å². The molecule has 2 N–H and O–H groups in total. The number of H-pyrrole nitrogens is 1. The van der Waals surface area contributed by atoms with Gasteiger partial charge in [-0.25, -0.2) is 15.0 Å². The molecule has 5 rings (SSSR count). The topological polar surface area (TPSA) is 79.6 Å². The molecular formula is C24H20IN5O. The SMILES string of the molecule is Ic1cccc(CNc2nc(-c3ccco3)nc3[nH]c(CCc4ccccc4)nc23)c1. The van der Waals surface area contributed by atoms with Crippen LogP contribution in [0.2, 0.25) is 0 Å². The maximum Gasteiger partial charge on any atom is 0.199 e. The predicted octanol–water partition coefficient (Wildman–Crippen LogP) is 5.61. The van der Waals surface area contributed by atoms with Crippen molar-refractivity contribution in [3.63, 3.8) is 0 Å². The molecule has 0 saturated carbocycles. The molecule has 0 fully saturated rings. The summed E-state index contributed by atoms with van der Waals surface area (Å²) in [6, 6.07) is 22.5. The first kappa shape index (κ1) is 19.7. The molecule has 0 aliphatic heterocycles. The van der Waals surface area contributed by atoms with Crippen LogP contribution in [0.25, 0.3) is 22.7 Å². The van der Waals surface area contributed by atoms with Gasteiger partial charge in [0.2, 0.25) is 0 Å². The number of benzene rings is 2. The molecule has 0 aliphatic carbocycles. The molecule has 0 bridgehead atoms. The third-order valence-corrected chi connectivity index (χ3v) is 5.65. The molecule has 3 heterocycles. The summed E-state index contributed by atoms with van der Waals surface area (Å²) >= 11 is 2.32. The molecule has 0 radical (unpaired) electrons. The van der Waals surface area contributed by atoms with Crippen molar-refractivity contribution >= 4 is 39.6 Å². The molecule has 6 nitrogen and oxygen atoms in total. The Morgan fingerprint density at radius 1 is 0.871 bits per heavy atom. The van der Waals surface area contributed by atoms with Gasteiger partial charge in [0.15, 0.2) is 28.6 Å². The zero-order chi connectivity index (χ0) is 21.0. The predicted molar refractivity (Wildman–Crippen MR) is 130 cm³/mol. The first-order chi connectivity index (χ1) is 15.2. The summed E-state index contributed by atoms with van der Waals surface area (Å²) in [6.07, 6.45) is 3.33. The molecule has 0 spiro atoms. The maximum absolute atomic E-state index is 5.53. The van der Waals surface area contributed by atoms with Crippen molar-refractivity contribution in [1.29, 1.82) is 0 Å². The van der Waals surface area contributed by atoms with Crippen molar-refractivity contribution in [2.75, 3.05) is 5.32 Å². The number of imidazole rings is 1. The van der Waals surface area contributed by atoms with E-state index < -0.39 is 0 Å². The highest BCUT2D eigenvalue weighted by atomic mass is 127. The van der Waals surface area contributed by atoms with Crippen molar-refractivity contribution < 1.29 is 4.42 Å². The van der Waals surface area contributed by atoms with Crippen molar-refractivity contribution in [2.45, 2.75) is 19.4 Å². The summed E-state index contributed by atoms with van der Waals surface area (Å²) in [4.78, 5) is 17.5. The van der Waals surface area contributed by atoms with Crippen LogP contribution >= 0.6 is 22.6 Å². The van der Waals surface area contributed by atoms with Crippen molar-refractivity contribution in [3.05, 3.63) is 93.5 Å². The van der Waals surface area contributed by atoms with Gasteiger partial charge in [-0.1, -0.05) is 42.5 Å². The van der Waals surface area contributed by atoms with E-state index in [1.54, 1.807) is 6.26 Å². The summed E-state index contributed by atoms with van der Waals surface area (Å²) in [5.41, 5.74) is 3.90. The van der Waals surface area contributed by atoms with E-state index in [4.69, 9.17) is 14.4 Å². The van der Waals surface area contributed by atoms with Gasteiger partial charge in [0.05, 0.1) is 6.26 Å². The molecule has 154 valence electrons. The van der Waals surface area contributed by atoms with Crippen LogP contribution in [0.3, 0.4) is 0 Å². The van der Waals surface area contributed by atoms with E-state index in [-0.39, 0.29) is 0 Å². The fraction of sp³-hybridized carbons (Fsp3) is 0.125. The van der Waals surface area contributed by atoms with Gasteiger partial charge in [0.25, 0.3) is 0 Å². The second kappa shape index (κ2) is 8.89. The Morgan fingerprint density at radius 2 is 1.74 bits per heavy atom. The minimum absolute atomic E-state index is 0.529. The molecule has 7 heteroatoms. The molecule has 5 aromatic rings. The third-order valence-electron chi connectivity index (χ3n) is 4.98. The summed E-state index contributed by atoms with van der Waals surface area (Å²) < 4.78 is 6.72. The van der Waals surface area contributed by atoms with E-state index in [1.165, 1.54) is 14.7 Å². The number of anilines is 1. The quantitative estimate of drug-likeness (QED) is 0.272. The lowest BCUT2D eigenvalue weighted by Gasteiger charge is -2.08. The minimum atomic E-state index is 0.529. The van der Waals surface area contributed by atoms with E-state index in [9.17, 15) is 0 Å². The number of hydrogen-bond donors (Lipinski definition) is 2. The zero-order valence-corrected chi connectivity index (χ0v) is 18.8. The second-order valence-corrected chi connectivity index (χ2v) is 8.47. The third kappa shape index (κ3) is 4.61. The van der Waals surface area contributed by atoms with Gasteiger partial charge >= 0.3 is 0 Å². The average Bonchev–Trinajstić information content (AvgIpc) is 3.47. The van der Waals surface area contributed by atoms with Gasteiger partial charge in [-0.2, -0.15) is 0 Å². The van der Waals surface area contributed by atoms with Crippen LogP contribution in [0.5, 0.6) is 0 Å². The molecule has 0 amide bonds. The Kier molecular flexibility index (Phi) is 5.66. The van der Waals surface area contributed by atoms with Crippen LogP contribution in [-0.4, -0.2) is 19.9 Å². The highest BCUT2D eigenvalue weighted by Crippen LogP contribution is 2.25. The number of aryl methyl sites for hydroxylation is 2. The Labute approximate surface area is 193 Å². The molecule has 0 atom stereocenters. The summed E-state index contributed by atoms with van der Waals surface area (Å²) in [5.74, 6) is 2.74. The van der Waals surface area contributed by atoms with Gasteiger partial charge < -0.3 is 14.7 Å². The normalized spacial score (nSPS) is 11.1. The highest BCUT2D eigenvalue weighted by molar-refractivity contribution is 14.1. The van der Waals surface area contributed by atoms with Crippen LogP contribution in [0, 0.1) is 3.57 Å². The molecule has 2 aromatic carbocycles. The molecule has 31 heavy (non-hydrogen) atoms. The van der Waals surface area contributed by atoms with Crippen LogP contribution < -0.4 is 5.32 Å². The Hall–Kier alpha value is -3.20. The van der Waals surface area contributed by atoms with Gasteiger partial charge in [-0.15, -0.1) is 0 Å². The number of aromatic nitrogens is 4. The second-order valence-electron chi connectivity index (χ2n) is 7.22. The van der Waals surface area contributed by atoms with E-state index >= 15 is 0 Å². The van der Waals surface area contributed by atoms with Gasteiger partial charge in [0, 0.05) is 16.5 Å². The number of furan rings is 1. The van der Waals surface area contributed by atoms with Crippen molar-refractivity contribution in [1.82, 2.24) is 19.9 Å². The first-order valence-electron chi connectivity index (χ1n) is 10.1. The lowest BCUT2D eigenvalue weighted by atomic mass is 10.1. The Balaban J connectivity index is 1.46. The van der Waals surface area contributed by atoms with Crippen LogP contribution in [0.1, 0.15) is 17.0 Å². The number of fused-ring (bicyclic) bond motifs is 1. The molecule has 0 saturated heterocycles. The van der Waals surface area contributed by atoms with E-state index in [1.807, 2.05) is 18.2 Å². The minimum Gasteiger partial charge on any atom is -0.461 e. The lowest BCUT2D eigenvalue weighted by molar-refractivity contribution is 0.577. The van der Waals surface area contributed by atoms with Gasteiger partial charge in [-0.3, -0.25) is 0 Å². The number of halogens is 1. The lowest BCUT2D eigenvalue weighted by Crippen LogP contribution is -2.04. The van der Waals surface area contributed by atoms with E-state index in [0.717, 1.165) is 24.2 Å². The monoisotopic (exact) mass is 521 g/mol. The number of hydrogen-bond acceptors (Lipinski definition) is 5. The number of aromatic amines is 1. The molecule has 0 aliphatic rings. The zero-order valence-electron chi connectivity index (χ0n) is 16.7. The number of nitrogens with one attached hydrogen (secondary N) is 2. The van der Waals surface area contributed by atoms with Crippen LogP contribution in [-0.2, 0) is 19.4 Å². The van der Waals surface area contributed by atoms with Crippen molar-refractivity contribution in [2.24, 2.45) is 0 Å². The standard InChI is InChI=1S/C24H20IN5O/c25-18-9-4-8-17(14-18)15-26-23-21-24(30-22(29-23)19-10-5-13-31-19)28-20(27-21)12-11-16-6-2-1-3-7-16/h1-10,13-14H,11-12,15H2,(H2,26,27,28,29,30). The van der Waals surface area contributed by atoms with Gasteiger partial charge in [-0.05, 0) is 64.4 Å². The fourth-order valence-electron chi connectivity index (χ4n) is 3.45. The first-order valence-corrected chi connectivity index (χ1v) is 11.2. The highest BCUT2D eigenvalue weighted by Gasteiger charge is 2.15. The largest absolute Gasteiger partial charge is 0.461 e. The van der Waals surface area contributed by atoms with Crippen LogP contribution in [0.15, 0.2) is 77.4 Å². The smallest absolute Gasteiger partial charge is 0.199 e.